The van der Waals surface area contributed by atoms with Gasteiger partial charge in [-0.2, -0.15) is 0 Å². The van der Waals surface area contributed by atoms with Crippen LogP contribution in [0.2, 0.25) is 0 Å². The second-order valence-corrected chi connectivity index (χ2v) is 6.47. The molecular formula is C18H30N2O. The highest BCUT2D eigenvalue weighted by Gasteiger charge is 2.23. The lowest BCUT2D eigenvalue weighted by Crippen LogP contribution is -2.40. The normalized spacial score (nSPS) is 24.0. The third kappa shape index (κ3) is 4.45. The highest BCUT2D eigenvalue weighted by molar-refractivity contribution is 5.29. The number of rotatable bonds is 6. The number of likely N-dealkylation sites (N-methyl/N-ethyl adjacent to an activating group) is 2. The quantitative estimate of drug-likeness (QED) is 0.868. The van der Waals surface area contributed by atoms with Crippen LogP contribution >= 0.6 is 0 Å². The third-order valence-electron chi connectivity index (χ3n) is 4.95. The van der Waals surface area contributed by atoms with Crippen LogP contribution in [0.3, 0.4) is 0 Å². The van der Waals surface area contributed by atoms with E-state index in [0.717, 1.165) is 24.3 Å². The van der Waals surface area contributed by atoms with E-state index in [-0.39, 0.29) is 0 Å². The van der Waals surface area contributed by atoms with Crippen LogP contribution < -0.4 is 10.1 Å². The van der Waals surface area contributed by atoms with Crippen molar-refractivity contribution in [2.24, 2.45) is 5.92 Å². The first-order valence-electron chi connectivity index (χ1n) is 8.15. The Kier molecular flexibility index (Phi) is 6.07. The molecule has 1 atom stereocenters. The van der Waals surface area contributed by atoms with Crippen LogP contribution in [-0.4, -0.2) is 38.7 Å². The molecule has 1 aliphatic carbocycles. The van der Waals surface area contributed by atoms with E-state index in [4.69, 9.17) is 4.74 Å². The van der Waals surface area contributed by atoms with E-state index in [0.29, 0.717) is 6.04 Å². The summed E-state index contributed by atoms with van der Waals surface area (Å²) < 4.78 is 5.24. The maximum atomic E-state index is 5.24. The van der Waals surface area contributed by atoms with E-state index in [9.17, 15) is 0 Å². The van der Waals surface area contributed by atoms with Crippen molar-refractivity contribution >= 4 is 0 Å². The molecule has 1 aromatic rings. The molecule has 1 saturated carbocycles. The van der Waals surface area contributed by atoms with Gasteiger partial charge in [-0.25, -0.2) is 0 Å². The summed E-state index contributed by atoms with van der Waals surface area (Å²) >= 11 is 0. The van der Waals surface area contributed by atoms with Crippen LogP contribution in [0.1, 0.15) is 44.2 Å². The number of methoxy groups -OCH3 is 1. The van der Waals surface area contributed by atoms with Crippen LogP contribution in [-0.2, 0) is 0 Å². The van der Waals surface area contributed by atoms with E-state index < -0.39 is 0 Å². The van der Waals surface area contributed by atoms with Gasteiger partial charge >= 0.3 is 0 Å². The Labute approximate surface area is 129 Å². The van der Waals surface area contributed by atoms with Crippen LogP contribution in [0.15, 0.2) is 24.3 Å². The average Bonchev–Trinajstić information content (AvgIpc) is 2.53. The number of hydrogen-bond acceptors (Lipinski definition) is 3. The Morgan fingerprint density at radius 1 is 1.19 bits per heavy atom. The number of benzene rings is 1. The zero-order chi connectivity index (χ0) is 15.2. The molecule has 0 spiro atoms. The fraction of sp³-hybridized carbons (Fsp3) is 0.667. The second-order valence-electron chi connectivity index (χ2n) is 6.47. The number of nitrogens with one attached hydrogen (secondary N) is 1. The molecule has 0 radical (unpaired) electrons. The molecule has 1 aliphatic rings. The van der Waals surface area contributed by atoms with Crippen molar-refractivity contribution in [1.82, 2.24) is 10.2 Å². The smallest absolute Gasteiger partial charge is 0.118 e. The molecule has 118 valence electrons. The van der Waals surface area contributed by atoms with Crippen molar-refractivity contribution in [3.05, 3.63) is 29.8 Å². The standard InChI is InChI=1S/C18H30N2O/c1-14-5-9-16(10-6-14)20(3)13-18(19-2)15-7-11-17(21-4)12-8-15/h7-8,11-12,14,16,18-19H,5-6,9-10,13H2,1-4H3. The Bertz CT molecular complexity index is 410. The summed E-state index contributed by atoms with van der Waals surface area (Å²) in [5.41, 5.74) is 1.33. The van der Waals surface area contributed by atoms with Gasteiger partial charge in [-0.3, -0.25) is 0 Å². The van der Waals surface area contributed by atoms with Gasteiger partial charge in [0.15, 0.2) is 0 Å². The van der Waals surface area contributed by atoms with Gasteiger partial charge in [-0.05, 0) is 63.4 Å². The van der Waals surface area contributed by atoms with Crippen LogP contribution in [0.5, 0.6) is 5.75 Å². The summed E-state index contributed by atoms with van der Waals surface area (Å²) in [6, 6.07) is 9.54. The maximum absolute atomic E-state index is 5.24. The molecule has 0 amide bonds. The summed E-state index contributed by atoms with van der Waals surface area (Å²) in [6.45, 7) is 3.44. The van der Waals surface area contributed by atoms with Gasteiger partial charge in [-0.1, -0.05) is 19.1 Å². The molecule has 0 aromatic heterocycles. The Hall–Kier alpha value is -1.06. The summed E-state index contributed by atoms with van der Waals surface area (Å²) in [4.78, 5) is 2.54. The summed E-state index contributed by atoms with van der Waals surface area (Å²) in [5, 5.41) is 3.45. The minimum atomic E-state index is 0.375. The molecule has 3 heteroatoms. The Morgan fingerprint density at radius 3 is 2.33 bits per heavy atom. The van der Waals surface area contributed by atoms with E-state index in [1.165, 1.54) is 31.2 Å². The van der Waals surface area contributed by atoms with Gasteiger partial charge in [0.25, 0.3) is 0 Å². The topological polar surface area (TPSA) is 24.5 Å². The van der Waals surface area contributed by atoms with E-state index in [2.05, 4.69) is 36.3 Å². The first kappa shape index (κ1) is 16.3. The molecule has 0 bridgehead atoms. The van der Waals surface area contributed by atoms with E-state index in [1.807, 2.05) is 19.2 Å². The number of hydrogen-bond donors (Lipinski definition) is 1. The molecule has 1 unspecified atom stereocenters. The minimum absolute atomic E-state index is 0.375. The van der Waals surface area contributed by atoms with Gasteiger partial charge in [0.2, 0.25) is 0 Å². The first-order valence-corrected chi connectivity index (χ1v) is 8.15. The van der Waals surface area contributed by atoms with Crippen LogP contribution in [0, 0.1) is 5.92 Å². The summed E-state index contributed by atoms with van der Waals surface area (Å²) in [7, 11) is 6.03. The SMILES string of the molecule is CNC(CN(C)C1CCC(C)CC1)c1ccc(OC)cc1. The summed E-state index contributed by atoms with van der Waals surface area (Å²) in [5.74, 6) is 1.83. The largest absolute Gasteiger partial charge is 0.497 e. The van der Waals surface area contributed by atoms with Gasteiger partial charge in [0, 0.05) is 18.6 Å². The fourth-order valence-corrected chi connectivity index (χ4v) is 3.32. The third-order valence-corrected chi connectivity index (χ3v) is 4.95. The Balaban J connectivity index is 1.94. The van der Waals surface area contributed by atoms with E-state index in [1.54, 1.807) is 7.11 Å². The first-order chi connectivity index (χ1) is 10.1. The number of nitrogens with zero attached hydrogens (tertiary/aromatic N) is 1. The predicted molar refractivity (Wildman–Crippen MR) is 88.8 cm³/mol. The molecule has 1 fully saturated rings. The highest BCUT2D eigenvalue weighted by Crippen LogP contribution is 2.27. The second kappa shape index (κ2) is 7.81. The fourth-order valence-electron chi connectivity index (χ4n) is 3.32. The zero-order valence-corrected chi connectivity index (χ0v) is 13.9. The lowest BCUT2D eigenvalue weighted by molar-refractivity contribution is 0.158. The van der Waals surface area contributed by atoms with Gasteiger partial charge in [0.1, 0.15) is 5.75 Å². The lowest BCUT2D eigenvalue weighted by atomic mass is 9.86. The highest BCUT2D eigenvalue weighted by atomic mass is 16.5. The zero-order valence-electron chi connectivity index (χ0n) is 13.9. The maximum Gasteiger partial charge on any atom is 0.118 e. The van der Waals surface area contributed by atoms with Gasteiger partial charge in [0.05, 0.1) is 7.11 Å². The van der Waals surface area contributed by atoms with E-state index >= 15 is 0 Å². The molecule has 0 heterocycles. The molecule has 2 rings (SSSR count). The van der Waals surface area contributed by atoms with Crippen LogP contribution in [0.25, 0.3) is 0 Å². The van der Waals surface area contributed by atoms with Crippen LogP contribution in [0.4, 0.5) is 0 Å². The summed E-state index contributed by atoms with van der Waals surface area (Å²) in [6.07, 6.45) is 5.44. The van der Waals surface area contributed by atoms with Crippen molar-refractivity contribution in [1.29, 1.82) is 0 Å². The van der Waals surface area contributed by atoms with Crippen molar-refractivity contribution in [3.63, 3.8) is 0 Å². The van der Waals surface area contributed by atoms with Crippen molar-refractivity contribution < 1.29 is 4.74 Å². The number of ether oxygens (including phenoxy) is 1. The lowest BCUT2D eigenvalue weighted by Gasteiger charge is -2.35. The molecular weight excluding hydrogens is 260 g/mol. The molecule has 21 heavy (non-hydrogen) atoms. The molecule has 0 aliphatic heterocycles. The Morgan fingerprint density at radius 2 is 1.81 bits per heavy atom. The monoisotopic (exact) mass is 290 g/mol. The van der Waals surface area contributed by atoms with Crippen molar-refractivity contribution in [3.8, 4) is 5.75 Å². The van der Waals surface area contributed by atoms with Crippen molar-refractivity contribution in [2.75, 3.05) is 27.7 Å². The van der Waals surface area contributed by atoms with Gasteiger partial charge in [-0.15, -0.1) is 0 Å². The van der Waals surface area contributed by atoms with Gasteiger partial charge < -0.3 is 15.0 Å². The molecule has 1 aromatic carbocycles. The minimum Gasteiger partial charge on any atom is -0.497 e. The van der Waals surface area contributed by atoms with Crippen molar-refractivity contribution in [2.45, 2.75) is 44.7 Å². The molecule has 0 saturated heterocycles. The molecule has 3 nitrogen and oxygen atoms in total. The molecule has 1 N–H and O–H groups in total. The predicted octanol–water partition coefficient (Wildman–Crippen LogP) is 3.47. The average molecular weight is 290 g/mol.